The van der Waals surface area contributed by atoms with E-state index in [0.717, 1.165) is 38.8 Å². The molecule has 1 saturated heterocycles. The first-order valence-corrected chi connectivity index (χ1v) is 11.7. The highest BCUT2D eigenvalue weighted by atomic mass is 32.2. The normalized spacial score (nSPS) is 14.6. The van der Waals surface area contributed by atoms with Crippen molar-refractivity contribution in [3.8, 4) is 11.5 Å². The lowest BCUT2D eigenvalue weighted by Gasteiger charge is -2.20. The van der Waals surface area contributed by atoms with Gasteiger partial charge in [-0.3, -0.25) is 9.52 Å². The molecule has 2 aromatic carbocycles. The van der Waals surface area contributed by atoms with Gasteiger partial charge in [0, 0.05) is 18.8 Å². The van der Waals surface area contributed by atoms with E-state index in [2.05, 4.69) is 4.72 Å². The summed E-state index contributed by atoms with van der Waals surface area (Å²) in [7, 11) is -3.73. The van der Waals surface area contributed by atoms with Gasteiger partial charge in [-0.25, -0.2) is 8.42 Å². The van der Waals surface area contributed by atoms with E-state index in [1.54, 1.807) is 36.4 Å². The second kappa shape index (κ2) is 10.3. The lowest BCUT2D eigenvalue weighted by atomic mass is 10.2. The second-order valence-electron chi connectivity index (χ2n) is 7.12. The summed E-state index contributed by atoms with van der Waals surface area (Å²) in [5.41, 5.74) is 0.446. The van der Waals surface area contributed by atoms with E-state index in [1.807, 2.05) is 11.8 Å². The Hall–Kier alpha value is -2.74. The van der Waals surface area contributed by atoms with Crippen molar-refractivity contribution in [1.82, 2.24) is 4.90 Å². The summed E-state index contributed by atoms with van der Waals surface area (Å²) >= 11 is 0. The number of amides is 1. The fraction of sp³-hybridized carbons (Fsp3) is 0.409. The minimum absolute atomic E-state index is 0.0363. The van der Waals surface area contributed by atoms with Gasteiger partial charge in [-0.05, 0) is 68.3 Å². The average Bonchev–Trinajstić information content (AvgIpc) is 3.03. The molecule has 0 bridgehead atoms. The lowest BCUT2D eigenvalue weighted by molar-refractivity contribution is -0.133. The molecule has 0 aliphatic carbocycles. The van der Waals surface area contributed by atoms with Gasteiger partial charge >= 0.3 is 0 Å². The van der Waals surface area contributed by atoms with Crippen molar-refractivity contribution in [2.45, 2.75) is 37.5 Å². The predicted molar refractivity (Wildman–Crippen MR) is 115 cm³/mol. The van der Waals surface area contributed by atoms with Gasteiger partial charge in [-0.1, -0.05) is 12.8 Å². The van der Waals surface area contributed by atoms with Gasteiger partial charge in [0.05, 0.1) is 11.5 Å². The molecule has 7 nitrogen and oxygen atoms in total. The summed E-state index contributed by atoms with van der Waals surface area (Å²) in [5, 5.41) is 0. The highest BCUT2D eigenvalue weighted by molar-refractivity contribution is 7.92. The van der Waals surface area contributed by atoms with Crippen LogP contribution in [0.4, 0.5) is 5.69 Å². The summed E-state index contributed by atoms with van der Waals surface area (Å²) in [5.74, 6) is 1.10. The molecule has 0 saturated carbocycles. The van der Waals surface area contributed by atoms with Crippen LogP contribution in [0.1, 0.15) is 32.6 Å². The van der Waals surface area contributed by atoms with E-state index in [1.165, 1.54) is 12.1 Å². The molecule has 1 aliphatic heterocycles. The van der Waals surface area contributed by atoms with Crippen molar-refractivity contribution in [1.29, 1.82) is 0 Å². The molecule has 1 aliphatic rings. The van der Waals surface area contributed by atoms with Crippen molar-refractivity contribution in [3.63, 3.8) is 0 Å². The molecule has 1 N–H and O–H groups in total. The fourth-order valence-electron chi connectivity index (χ4n) is 3.27. The molecule has 1 amide bonds. The van der Waals surface area contributed by atoms with Crippen LogP contribution in [0, 0.1) is 0 Å². The van der Waals surface area contributed by atoms with Gasteiger partial charge in [-0.2, -0.15) is 0 Å². The number of ether oxygens (including phenoxy) is 2. The van der Waals surface area contributed by atoms with E-state index in [0.29, 0.717) is 23.8 Å². The van der Waals surface area contributed by atoms with Gasteiger partial charge < -0.3 is 14.4 Å². The van der Waals surface area contributed by atoms with E-state index in [9.17, 15) is 13.2 Å². The van der Waals surface area contributed by atoms with E-state index >= 15 is 0 Å². The third-order valence-electron chi connectivity index (χ3n) is 4.87. The summed E-state index contributed by atoms with van der Waals surface area (Å²) in [4.78, 5) is 14.3. The third kappa shape index (κ3) is 6.13. The molecule has 0 radical (unpaired) electrons. The molecule has 0 atom stereocenters. The van der Waals surface area contributed by atoms with Crippen molar-refractivity contribution in [3.05, 3.63) is 48.5 Å². The minimum atomic E-state index is -3.73. The first-order valence-electron chi connectivity index (χ1n) is 10.2. The van der Waals surface area contributed by atoms with Crippen molar-refractivity contribution >= 4 is 21.6 Å². The molecule has 8 heteroatoms. The molecular weight excluding hydrogens is 404 g/mol. The molecule has 1 heterocycles. The molecule has 0 spiro atoms. The lowest BCUT2D eigenvalue weighted by Crippen LogP contribution is -2.35. The molecule has 0 unspecified atom stereocenters. The van der Waals surface area contributed by atoms with Crippen LogP contribution in [0.3, 0.4) is 0 Å². The number of rotatable bonds is 8. The Labute approximate surface area is 178 Å². The van der Waals surface area contributed by atoms with Crippen LogP contribution in [0.2, 0.25) is 0 Å². The molecular formula is C22H28N2O5S. The van der Waals surface area contributed by atoms with Gasteiger partial charge in [0.25, 0.3) is 15.9 Å². The Morgan fingerprint density at radius 2 is 1.47 bits per heavy atom. The molecule has 30 heavy (non-hydrogen) atoms. The Balaban J connectivity index is 1.56. The Kier molecular flexibility index (Phi) is 7.57. The number of sulfonamides is 1. The highest BCUT2D eigenvalue weighted by Gasteiger charge is 2.17. The number of nitrogens with one attached hydrogen (secondary N) is 1. The van der Waals surface area contributed by atoms with Crippen LogP contribution in [0.15, 0.2) is 53.4 Å². The van der Waals surface area contributed by atoms with Crippen LogP contribution in [-0.4, -0.2) is 45.5 Å². The monoisotopic (exact) mass is 432 g/mol. The van der Waals surface area contributed by atoms with Crippen LogP contribution in [0.5, 0.6) is 11.5 Å². The van der Waals surface area contributed by atoms with Crippen LogP contribution >= 0.6 is 0 Å². The van der Waals surface area contributed by atoms with Crippen molar-refractivity contribution in [2.75, 3.05) is 31.0 Å². The maximum Gasteiger partial charge on any atom is 0.261 e. The maximum atomic E-state index is 12.6. The molecule has 0 aromatic heterocycles. The smallest absolute Gasteiger partial charge is 0.261 e. The average molecular weight is 433 g/mol. The van der Waals surface area contributed by atoms with Crippen molar-refractivity contribution in [2.24, 2.45) is 0 Å². The minimum Gasteiger partial charge on any atom is -0.494 e. The number of carbonyl (C=O) groups is 1. The largest absolute Gasteiger partial charge is 0.494 e. The molecule has 2 aromatic rings. The Morgan fingerprint density at radius 3 is 2.07 bits per heavy atom. The quantitative estimate of drug-likeness (QED) is 0.688. The predicted octanol–water partition coefficient (Wildman–Crippen LogP) is 3.67. The van der Waals surface area contributed by atoms with Crippen LogP contribution in [-0.2, 0) is 14.8 Å². The SMILES string of the molecule is CCOc1ccc(NS(=O)(=O)c2ccc(OCC(=O)N3CCCCCC3)cc2)cc1. The fourth-order valence-corrected chi connectivity index (χ4v) is 4.33. The van der Waals surface area contributed by atoms with Crippen LogP contribution in [0.25, 0.3) is 0 Å². The van der Waals surface area contributed by atoms with Crippen molar-refractivity contribution < 1.29 is 22.7 Å². The first-order chi connectivity index (χ1) is 14.5. The molecule has 162 valence electrons. The summed E-state index contributed by atoms with van der Waals surface area (Å²) in [6, 6.07) is 12.7. The van der Waals surface area contributed by atoms with E-state index in [4.69, 9.17) is 9.47 Å². The number of anilines is 1. The number of benzene rings is 2. The Morgan fingerprint density at radius 1 is 0.900 bits per heavy atom. The highest BCUT2D eigenvalue weighted by Crippen LogP contribution is 2.21. The molecule has 3 rings (SSSR count). The number of likely N-dealkylation sites (tertiary alicyclic amines) is 1. The first kappa shape index (κ1) is 22.0. The third-order valence-corrected chi connectivity index (χ3v) is 6.27. The van der Waals surface area contributed by atoms with Gasteiger partial charge in [0.1, 0.15) is 11.5 Å². The van der Waals surface area contributed by atoms with E-state index < -0.39 is 10.0 Å². The number of carbonyl (C=O) groups excluding carboxylic acids is 1. The maximum absolute atomic E-state index is 12.6. The standard InChI is InChI=1S/C22H28N2O5S/c1-2-28-19-9-7-18(8-10-19)23-30(26,27)21-13-11-20(12-14-21)29-17-22(25)24-15-5-3-4-6-16-24/h7-14,23H,2-6,15-17H2,1H3. The Bertz CT molecular complexity index is 919. The zero-order valence-corrected chi connectivity index (χ0v) is 18.0. The topological polar surface area (TPSA) is 84.9 Å². The van der Waals surface area contributed by atoms with Gasteiger partial charge in [-0.15, -0.1) is 0 Å². The second-order valence-corrected chi connectivity index (χ2v) is 8.80. The van der Waals surface area contributed by atoms with E-state index in [-0.39, 0.29) is 17.4 Å². The summed E-state index contributed by atoms with van der Waals surface area (Å²) in [6.45, 7) is 3.93. The number of hydrogen-bond acceptors (Lipinski definition) is 5. The van der Waals surface area contributed by atoms with Crippen LogP contribution < -0.4 is 14.2 Å². The number of nitrogens with zero attached hydrogens (tertiary/aromatic N) is 1. The molecule has 1 fully saturated rings. The summed E-state index contributed by atoms with van der Waals surface area (Å²) < 4.78 is 38.6. The zero-order valence-electron chi connectivity index (χ0n) is 17.2. The number of hydrogen-bond donors (Lipinski definition) is 1. The summed E-state index contributed by atoms with van der Waals surface area (Å²) in [6.07, 6.45) is 4.37. The van der Waals surface area contributed by atoms with Gasteiger partial charge in [0.2, 0.25) is 0 Å². The zero-order chi connectivity index (χ0) is 21.4. The van der Waals surface area contributed by atoms with Gasteiger partial charge in [0.15, 0.2) is 6.61 Å².